The first kappa shape index (κ1) is 12.6. The van der Waals surface area contributed by atoms with Crippen LogP contribution in [0.15, 0.2) is 12.3 Å². The summed E-state index contributed by atoms with van der Waals surface area (Å²) in [7, 11) is 0. The molecule has 0 saturated heterocycles. The molecule has 1 N–H and O–H groups in total. The van der Waals surface area contributed by atoms with Crippen LogP contribution in [0, 0.1) is 17.0 Å². The Morgan fingerprint density at radius 3 is 2.62 bits per heavy atom. The summed E-state index contributed by atoms with van der Waals surface area (Å²) >= 11 is 0. The highest BCUT2D eigenvalue weighted by atomic mass is 16.6. The lowest BCUT2D eigenvalue weighted by Gasteiger charge is -2.17. The second-order valence-electron chi connectivity index (χ2n) is 3.91. The van der Waals surface area contributed by atoms with Gasteiger partial charge in [0, 0.05) is 17.2 Å². The fraction of sp³-hybridized carbons (Fsp3) is 0.545. The Hall–Kier alpha value is -1.49. The maximum absolute atomic E-state index is 10.6. The lowest BCUT2D eigenvalue weighted by molar-refractivity contribution is -0.385. The molecule has 5 heteroatoms. The monoisotopic (exact) mass is 224 g/mol. The molecule has 1 aromatic heterocycles. The van der Waals surface area contributed by atoms with Gasteiger partial charge in [-0.2, -0.15) is 0 Å². The maximum atomic E-state index is 10.6. The summed E-state index contributed by atoms with van der Waals surface area (Å²) in [5.41, 5.74) is 1.30. The van der Waals surface area contributed by atoms with E-state index in [1.165, 1.54) is 6.20 Å². The molecule has 0 bridgehead atoms. The van der Waals surface area contributed by atoms with Crippen LogP contribution in [0.5, 0.6) is 0 Å². The van der Waals surface area contributed by atoms with Crippen LogP contribution in [0.2, 0.25) is 0 Å². The van der Waals surface area contributed by atoms with Gasteiger partial charge in [-0.3, -0.25) is 15.1 Å². The first-order valence-electron chi connectivity index (χ1n) is 5.26. The highest BCUT2D eigenvalue weighted by molar-refractivity contribution is 5.38. The molecule has 88 valence electrons. The summed E-state index contributed by atoms with van der Waals surface area (Å²) in [4.78, 5) is 14.2. The number of nitrogens with zero attached hydrogens (tertiary/aromatic N) is 2. The summed E-state index contributed by atoms with van der Waals surface area (Å²) in [6.07, 6.45) is 1.51. The van der Waals surface area contributed by atoms with Gasteiger partial charge >= 0.3 is 0 Å². The van der Waals surface area contributed by atoms with E-state index in [0.717, 1.165) is 6.42 Å². The average molecular weight is 224 g/mol. The van der Waals surface area contributed by atoms with E-state index in [4.69, 9.17) is 0 Å². The number of aliphatic hydroxyl groups excluding tert-OH is 1. The van der Waals surface area contributed by atoms with Crippen molar-refractivity contribution in [2.24, 2.45) is 0 Å². The van der Waals surface area contributed by atoms with Crippen molar-refractivity contribution in [3.8, 4) is 0 Å². The highest BCUT2D eigenvalue weighted by Gasteiger charge is 2.19. The van der Waals surface area contributed by atoms with E-state index in [-0.39, 0.29) is 11.6 Å². The summed E-state index contributed by atoms with van der Waals surface area (Å²) in [5, 5.41) is 20.2. The molecule has 0 spiro atoms. The predicted octanol–water partition coefficient (Wildman–Crippen LogP) is 2.17. The molecular weight excluding hydrogens is 208 g/mol. The molecule has 1 rings (SSSR count). The third-order valence-corrected chi connectivity index (χ3v) is 2.70. The van der Waals surface area contributed by atoms with Crippen molar-refractivity contribution in [2.75, 3.05) is 0 Å². The minimum Gasteiger partial charge on any atom is -0.393 e. The van der Waals surface area contributed by atoms with Gasteiger partial charge in [0.1, 0.15) is 6.20 Å². The fourth-order valence-corrected chi connectivity index (χ4v) is 1.76. The number of hydrogen-bond donors (Lipinski definition) is 1. The summed E-state index contributed by atoms with van der Waals surface area (Å²) < 4.78 is 0. The van der Waals surface area contributed by atoms with E-state index in [1.807, 2.05) is 6.92 Å². The number of aromatic nitrogens is 1. The Morgan fingerprint density at radius 2 is 2.25 bits per heavy atom. The number of aliphatic hydroxyl groups is 1. The molecule has 0 saturated carbocycles. The van der Waals surface area contributed by atoms with Crippen LogP contribution >= 0.6 is 0 Å². The van der Waals surface area contributed by atoms with E-state index in [1.54, 1.807) is 19.9 Å². The van der Waals surface area contributed by atoms with Crippen LogP contribution in [-0.2, 0) is 0 Å². The minimum atomic E-state index is -0.502. The minimum absolute atomic E-state index is 0.0178. The molecule has 2 unspecified atom stereocenters. The quantitative estimate of drug-likeness (QED) is 0.628. The van der Waals surface area contributed by atoms with Crippen molar-refractivity contribution >= 4 is 5.69 Å². The zero-order valence-corrected chi connectivity index (χ0v) is 9.67. The zero-order chi connectivity index (χ0) is 12.3. The Labute approximate surface area is 94.3 Å². The van der Waals surface area contributed by atoms with Crippen LogP contribution in [0.25, 0.3) is 0 Å². The molecule has 0 aliphatic rings. The lowest BCUT2D eigenvalue weighted by Crippen LogP contribution is -2.15. The Kier molecular flexibility index (Phi) is 3.95. The number of pyridine rings is 1. The standard InChI is InChI=1S/C11H16N2O3/c1-4-9(8(3)14)10-5-7(2)11(6-12-10)13(15)16/h5-6,8-9,14H,4H2,1-3H3. The maximum Gasteiger partial charge on any atom is 0.290 e. The molecule has 0 aliphatic heterocycles. The van der Waals surface area contributed by atoms with Gasteiger partial charge in [-0.25, -0.2) is 0 Å². The third-order valence-electron chi connectivity index (χ3n) is 2.70. The van der Waals surface area contributed by atoms with E-state index in [2.05, 4.69) is 4.98 Å². The molecule has 1 heterocycles. The molecule has 16 heavy (non-hydrogen) atoms. The van der Waals surface area contributed by atoms with Gasteiger partial charge in [0.2, 0.25) is 0 Å². The van der Waals surface area contributed by atoms with Gasteiger partial charge in [0.15, 0.2) is 0 Å². The van der Waals surface area contributed by atoms with Crippen LogP contribution in [0.3, 0.4) is 0 Å². The molecule has 0 aromatic carbocycles. The molecule has 2 atom stereocenters. The van der Waals surface area contributed by atoms with Crippen molar-refractivity contribution in [1.29, 1.82) is 0 Å². The smallest absolute Gasteiger partial charge is 0.290 e. The molecule has 0 radical (unpaired) electrons. The number of hydrogen-bond acceptors (Lipinski definition) is 4. The lowest BCUT2D eigenvalue weighted by atomic mass is 9.95. The first-order valence-corrected chi connectivity index (χ1v) is 5.26. The second kappa shape index (κ2) is 5.03. The van der Waals surface area contributed by atoms with Crippen molar-refractivity contribution in [3.05, 3.63) is 33.6 Å². The topological polar surface area (TPSA) is 76.3 Å². The Balaban J connectivity index is 3.09. The predicted molar refractivity (Wildman–Crippen MR) is 60.3 cm³/mol. The largest absolute Gasteiger partial charge is 0.393 e. The van der Waals surface area contributed by atoms with Crippen molar-refractivity contribution in [1.82, 2.24) is 4.98 Å². The van der Waals surface area contributed by atoms with Crippen LogP contribution in [0.4, 0.5) is 5.69 Å². The summed E-state index contributed by atoms with van der Waals surface area (Å²) in [6.45, 7) is 5.33. The van der Waals surface area contributed by atoms with E-state index >= 15 is 0 Å². The summed E-state index contributed by atoms with van der Waals surface area (Å²) in [6, 6.07) is 1.68. The molecule has 0 amide bonds. The van der Waals surface area contributed by atoms with Crippen LogP contribution < -0.4 is 0 Å². The van der Waals surface area contributed by atoms with Crippen molar-refractivity contribution in [2.45, 2.75) is 39.2 Å². The van der Waals surface area contributed by atoms with E-state index in [9.17, 15) is 15.2 Å². The highest BCUT2D eigenvalue weighted by Crippen LogP contribution is 2.25. The Bertz CT molecular complexity index is 391. The van der Waals surface area contributed by atoms with E-state index < -0.39 is 11.0 Å². The zero-order valence-electron chi connectivity index (χ0n) is 9.67. The average Bonchev–Trinajstić information content (AvgIpc) is 2.17. The first-order chi connectivity index (χ1) is 7.47. The van der Waals surface area contributed by atoms with Gasteiger partial charge in [-0.15, -0.1) is 0 Å². The van der Waals surface area contributed by atoms with Crippen molar-refractivity contribution < 1.29 is 10.0 Å². The van der Waals surface area contributed by atoms with Crippen molar-refractivity contribution in [3.63, 3.8) is 0 Å². The molecule has 0 aliphatic carbocycles. The molecule has 1 aromatic rings. The number of aryl methyl sites for hydroxylation is 1. The normalized spacial score (nSPS) is 14.5. The molecule has 0 fully saturated rings. The van der Waals surface area contributed by atoms with Crippen LogP contribution in [-0.4, -0.2) is 21.1 Å². The number of nitro groups is 1. The third kappa shape index (κ3) is 2.55. The van der Waals surface area contributed by atoms with E-state index in [0.29, 0.717) is 11.3 Å². The van der Waals surface area contributed by atoms with Gasteiger partial charge in [0.05, 0.1) is 11.0 Å². The summed E-state index contributed by atoms with van der Waals surface area (Å²) in [5.74, 6) is -0.0699. The molecular formula is C11H16N2O3. The van der Waals surface area contributed by atoms with Crippen LogP contribution in [0.1, 0.15) is 37.4 Å². The van der Waals surface area contributed by atoms with Gasteiger partial charge in [-0.1, -0.05) is 6.92 Å². The fourth-order valence-electron chi connectivity index (χ4n) is 1.76. The van der Waals surface area contributed by atoms with Gasteiger partial charge in [-0.05, 0) is 26.3 Å². The second-order valence-corrected chi connectivity index (χ2v) is 3.91. The SMILES string of the molecule is CCC(c1cc(C)c([N+](=O)[O-])cn1)C(C)O. The Morgan fingerprint density at radius 1 is 1.62 bits per heavy atom. The number of rotatable bonds is 4. The molecule has 5 nitrogen and oxygen atoms in total. The van der Waals surface area contributed by atoms with Gasteiger partial charge < -0.3 is 5.11 Å². The van der Waals surface area contributed by atoms with Gasteiger partial charge in [0.25, 0.3) is 5.69 Å².